The van der Waals surface area contributed by atoms with Crippen LogP contribution in [0.15, 0.2) is 28.7 Å². The van der Waals surface area contributed by atoms with Crippen LogP contribution in [0.5, 0.6) is 0 Å². The van der Waals surface area contributed by atoms with Crippen molar-refractivity contribution in [2.24, 2.45) is 0 Å². The summed E-state index contributed by atoms with van der Waals surface area (Å²) in [5, 5.41) is 37.1. The zero-order valence-electron chi connectivity index (χ0n) is 10.8. The average Bonchev–Trinajstić information content (AvgIpc) is 2.50. The van der Waals surface area contributed by atoms with Crippen LogP contribution in [0.25, 0.3) is 0 Å². The van der Waals surface area contributed by atoms with Gasteiger partial charge in [0.25, 0.3) is 0 Å². The van der Waals surface area contributed by atoms with E-state index in [1.807, 2.05) is 0 Å². The second kappa shape index (κ2) is 8.20. The highest BCUT2D eigenvalue weighted by Gasteiger charge is 2.33. The standard InChI is InChI=1S/C13H15BrO7/c14-8-4-2-1-3-7(8)13(20)21-10(6-16)12(19)11(18)9(17)5-15/h1-4,6,9-12,15,17-19H,5H2/t9-,10+,11-,12-/m1/s1. The molecule has 0 fully saturated rings. The van der Waals surface area contributed by atoms with E-state index in [0.29, 0.717) is 4.47 Å². The average molecular weight is 363 g/mol. The maximum absolute atomic E-state index is 11.9. The first kappa shape index (κ1) is 17.7. The van der Waals surface area contributed by atoms with Gasteiger partial charge in [0, 0.05) is 4.47 Å². The van der Waals surface area contributed by atoms with Crippen molar-refractivity contribution in [1.29, 1.82) is 0 Å². The summed E-state index contributed by atoms with van der Waals surface area (Å²) in [6, 6.07) is 6.29. The molecule has 8 heteroatoms. The number of aldehydes is 1. The summed E-state index contributed by atoms with van der Waals surface area (Å²) >= 11 is 3.14. The molecule has 0 unspecified atom stereocenters. The molecule has 0 aliphatic rings. The number of hydrogen-bond acceptors (Lipinski definition) is 7. The number of ether oxygens (including phenoxy) is 1. The molecule has 0 radical (unpaired) electrons. The molecule has 116 valence electrons. The third-order valence-electron chi connectivity index (χ3n) is 2.74. The molecular weight excluding hydrogens is 348 g/mol. The maximum Gasteiger partial charge on any atom is 0.340 e. The summed E-state index contributed by atoms with van der Waals surface area (Å²) in [5.74, 6) is -0.885. The van der Waals surface area contributed by atoms with Gasteiger partial charge in [-0.1, -0.05) is 12.1 Å². The van der Waals surface area contributed by atoms with Crippen molar-refractivity contribution in [3.63, 3.8) is 0 Å². The van der Waals surface area contributed by atoms with Crippen LogP contribution in [0.3, 0.4) is 0 Å². The number of aliphatic hydroxyl groups is 4. The Labute approximate surface area is 128 Å². The minimum absolute atomic E-state index is 0.132. The molecule has 1 aromatic carbocycles. The van der Waals surface area contributed by atoms with Gasteiger partial charge in [-0.15, -0.1) is 0 Å². The second-order valence-corrected chi connectivity index (χ2v) is 5.07. The molecule has 0 bridgehead atoms. The van der Waals surface area contributed by atoms with E-state index in [-0.39, 0.29) is 11.8 Å². The first-order valence-electron chi connectivity index (χ1n) is 5.98. The van der Waals surface area contributed by atoms with Gasteiger partial charge in [0.2, 0.25) is 0 Å². The number of halogens is 1. The SMILES string of the molecule is O=C[C@H](OC(=O)c1ccccc1Br)[C@@H](O)[C@H](O)[C@H](O)CO. The summed E-state index contributed by atoms with van der Waals surface area (Å²) < 4.78 is 5.24. The number of carbonyl (C=O) groups is 2. The Morgan fingerprint density at radius 2 is 1.86 bits per heavy atom. The van der Waals surface area contributed by atoms with Crippen LogP contribution in [0.2, 0.25) is 0 Å². The van der Waals surface area contributed by atoms with Gasteiger partial charge in [0.15, 0.2) is 12.4 Å². The number of benzene rings is 1. The van der Waals surface area contributed by atoms with Gasteiger partial charge in [-0.05, 0) is 28.1 Å². The monoisotopic (exact) mass is 362 g/mol. The van der Waals surface area contributed by atoms with E-state index in [1.165, 1.54) is 6.07 Å². The Hall–Kier alpha value is -1.32. The molecule has 0 aromatic heterocycles. The summed E-state index contributed by atoms with van der Waals surface area (Å²) in [7, 11) is 0. The van der Waals surface area contributed by atoms with E-state index >= 15 is 0 Å². The maximum atomic E-state index is 11.9. The van der Waals surface area contributed by atoms with E-state index in [0.717, 1.165) is 0 Å². The summed E-state index contributed by atoms with van der Waals surface area (Å²) in [6.45, 7) is -0.817. The number of aliphatic hydroxyl groups excluding tert-OH is 4. The fourth-order valence-electron chi connectivity index (χ4n) is 1.52. The van der Waals surface area contributed by atoms with E-state index in [1.54, 1.807) is 18.2 Å². The molecule has 0 amide bonds. The molecule has 0 saturated heterocycles. The molecule has 4 N–H and O–H groups in total. The summed E-state index contributed by atoms with van der Waals surface area (Å²) in [4.78, 5) is 22.8. The third kappa shape index (κ3) is 4.58. The Morgan fingerprint density at radius 3 is 2.38 bits per heavy atom. The van der Waals surface area contributed by atoms with Gasteiger partial charge in [-0.25, -0.2) is 4.79 Å². The molecule has 0 saturated carbocycles. The first-order chi connectivity index (χ1) is 9.92. The normalized spacial score (nSPS) is 16.6. The van der Waals surface area contributed by atoms with E-state index in [4.69, 9.17) is 9.84 Å². The molecule has 0 spiro atoms. The fourth-order valence-corrected chi connectivity index (χ4v) is 1.97. The van der Waals surface area contributed by atoms with Crippen molar-refractivity contribution in [3.8, 4) is 0 Å². The molecule has 4 atom stereocenters. The molecular formula is C13H15BrO7. The lowest BCUT2D eigenvalue weighted by Crippen LogP contribution is -2.48. The van der Waals surface area contributed by atoms with Crippen molar-refractivity contribution >= 4 is 28.2 Å². The molecule has 1 rings (SSSR count). The Balaban J connectivity index is 2.80. The molecule has 0 aliphatic heterocycles. The Kier molecular flexibility index (Phi) is 6.93. The highest BCUT2D eigenvalue weighted by molar-refractivity contribution is 9.10. The second-order valence-electron chi connectivity index (χ2n) is 4.22. The highest BCUT2D eigenvalue weighted by atomic mass is 79.9. The number of carbonyl (C=O) groups excluding carboxylic acids is 2. The predicted molar refractivity (Wildman–Crippen MR) is 74.5 cm³/mol. The van der Waals surface area contributed by atoms with Gasteiger partial charge >= 0.3 is 5.97 Å². The lowest BCUT2D eigenvalue weighted by molar-refractivity contribution is -0.138. The quantitative estimate of drug-likeness (QED) is 0.371. The van der Waals surface area contributed by atoms with E-state index in [2.05, 4.69) is 15.9 Å². The van der Waals surface area contributed by atoms with Crippen molar-refractivity contribution in [2.45, 2.75) is 24.4 Å². The highest BCUT2D eigenvalue weighted by Crippen LogP contribution is 2.18. The van der Waals surface area contributed by atoms with Gasteiger partial charge < -0.3 is 25.2 Å². The van der Waals surface area contributed by atoms with Crippen LogP contribution < -0.4 is 0 Å². The zero-order valence-corrected chi connectivity index (χ0v) is 12.4. The van der Waals surface area contributed by atoms with E-state index in [9.17, 15) is 24.9 Å². The minimum Gasteiger partial charge on any atom is -0.448 e. The lowest BCUT2D eigenvalue weighted by atomic mass is 10.0. The summed E-state index contributed by atoms with van der Waals surface area (Å²) in [6.07, 6.45) is -6.91. The van der Waals surface area contributed by atoms with Crippen LogP contribution in [0, 0.1) is 0 Å². The molecule has 0 aliphatic carbocycles. The lowest BCUT2D eigenvalue weighted by Gasteiger charge is -2.25. The van der Waals surface area contributed by atoms with Crippen molar-refractivity contribution < 1.29 is 34.8 Å². The molecule has 0 heterocycles. The van der Waals surface area contributed by atoms with Gasteiger partial charge in [0.05, 0.1) is 12.2 Å². The minimum atomic E-state index is -1.86. The van der Waals surface area contributed by atoms with Crippen LogP contribution in [0.1, 0.15) is 10.4 Å². The van der Waals surface area contributed by atoms with Crippen molar-refractivity contribution in [1.82, 2.24) is 0 Å². The third-order valence-corrected chi connectivity index (χ3v) is 3.43. The first-order valence-corrected chi connectivity index (χ1v) is 6.77. The van der Waals surface area contributed by atoms with Gasteiger partial charge in [-0.2, -0.15) is 0 Å². The molecule has 21 heavy (non-hydrogen) atoms. The largest absolute Gasteiger partial charge is 0.448 e. The summed E-state index contributed by atoms with van der Waals surface area (Å²) in [5.41, 5.74) is 0.133. The smallest absolute Gasteiger partial charge is 0.340 e. The number of esters is 1. The number of rotatable bonds is 7. The molecule has 7 nitrogen and oxygen atoms in total. The van der Waals surface area contributed by atoms with Crippen LogP contribution in [-0.4, -0.2) is 63.7 Å². The van der Waals surface area contributed by atoms with Crippen molar-refractivity contribution in [3.05, 3.63) is 34.3 Å². The zero-order chi connectivity index (χ0) is 16.0. The van der Waals surface area contributed by atoms with E-state index < -0.39 is 37.0 Å². The van der Waals surface area contributed by atoms with Crippen LogP contribution >= 0.6 is 15.9 Å². The van der Waals surface area contributed by atoms with Crippen molar-refractivity contribution in [2.75, 3.05) is 6.61 Å². The van der Waals surface area contributed by atoms with Crippen LogP contribution in [-0.2, 0) is 9.53 Å². The Bertz CT molecular complexity index is 493. The van der Waals surface area contributed by atoms with Crippen LogP contribution in [0.4, 0.5) is 0 Å². The fraction of sp³-hybridized carbons (Fsp3) is 0.385. The molecule has 1 aromatic rings. The number of hydrogen-bond donors (Lipinski definition) is 4. The predicted octanol–water partition coefficient (Wildman–Crippen LogP) is -0.752. The Morgan fingerprint density at radius 1 is 1.24 bits per heavy atom. The van der Waals surface area contributed by atoms with Gasteiger partial charge in [0.1, 0.15) is 18.3 Å². The topological polar surface area (TPSA) is 124 Å². The van der Waals surface area contributed by atoms with Gasteiger partial charge in [-0.3, -0.25) is 4.79 Å².